The van der Waals surface area contributed by atoms with E-state index in [2.05, 4.69) is 29.4 Å². The lowest BCUT2D eigenvalue weighted by atomic mass is 9.99. The molecule has 0 bridgehead atoms. The van der Waals surface area contributed by atoms with Crippen LogP contribution in [0.5, 0.6) is 5.75 Å². The van der Waals surface area contributed by atoms with E-state index in [1.54, 1.807) is 23.5 Å². The molecular weight excluding hydrogens is 668 g/mol. The quantitative estimate of drug-likeness (QED) is 0.189. The van der Waals surface area contributed by atoms with Gasteiger partial charge in [0, 0.05) is 40.3 Å². The zero-order valence-electron chi connectivity index (χ0n) is 26.9. The number of ether oxygens (including phenoxy) is 1. The molecule has 2 atom stereocenters. The maximum absolute atomic E-state index is 13.5. The van der Waals surface area contributed by atoms with Crippen molar-refractivity contribution in [2.45, 2.75) is 65.0 Å². The van der Waals surface area contributed by atoms with Crippen molar-refractivity contribution in [3.8, 4) is 10.8 Å². The number of imide groups is 2. The van der Waals surface area contributed by atoms with Gasteiger partial charge in [0.2, 0.25) is 11.8 Å². The van der Waals surface area contributed by atoms with Gasteiger partial charge in [-0.05, 0) is 63.4 Å². The van der Waals surface area contributed by atoms with E-state index in [0.717, 1.165) is 37.2 Å². The zero-order chi connectivity index (χ0) is 34.6. The second-order valence-corrected chi connectivity index (χ2v) is 13.9. The van der Waals surface area contributed by atoms with Crippen LogP contribution < -0.4 is 10.1 Å². The monoisotopic (exact) mass is 698 g/mol. The maximum Gasteiger partial charge on any atom is 0.266 e. The van der Waals surface area contributed by atoms with Gasteiger partial charge in [0.05, 0.1) is 23.4 Å². The molecule has 3 aliphatic rings. The van der Waals surface area contributed by atoms with Crippen LogP contribution in [0.3, 0.4) is 0 Å². The lowest BCUT2D eigenvalue weighted by Gasteiger charge is -2.27. The Bertz CT molecular complexity index is 2100. The highest BCUT2D eigenvalue weighted by molar-refractivity contribution is 7.15. The first-order valence-corrected chi connectivity index (χ1v) is 17.1. The highest BCUT2D eigenvalue weighted by Crippen LogP contribution is 2.40. The Morgan fingerprint density at radius 2 is 1.80 bits per heavy atom. The second-order valence-electron chi connectivity index (χ2n) is 12.2. The van der Waals surface area contributed by atoms with Gasteiger partial charge in [0.25, 0.3) is 11.8 Å². The van der Waals surface area contributed by atoms with Gasteiger partial charge in [-0.25, -0.2) is 0 Å². The molecular formula is C35H31ClN6O6S. The van der Waals surface area contributed by atoms with Gasteiger partial charge < -0.3 is 4.74 Å². The maximum atomic E-state index is 13.5. The predicted octanol–water partition coefficient (Wildman–Crippen LogP) is 5.02. The molecule has 14 heteroatoms. The Morgan fingerprint density at radius 3 is 2.55 bits per heavy atom. The van der Waals surface area contributed by atoms with E-state index >= 15 is 0 Å². The van der Waals surface area contributed by atoms with Crippen molar-refractivity contribution >= 4 is 58.1 Å². The van der Waals surface area contributed by atoms with Gasteiger partial charge in [-0.15, -0.1) is 21.5 Å². The lowest BCUT2D eigenvalue weighted by Crippen LogP contribution is -2.54. The van der Waals surface area contributed by atoms with E-state index in [4.69, 9.17) is 21.3 Å². The molecule has 0 spiro atoms. The van der Waals surface area contributed by atoms with Crippen molar-refractivity contribution in [1.29, 1.82) is 0 Å². The van der Waals surface area contributed by atoms with Crippen molar-refractivity contribution in [1.82, 2.24) is 25.0 Å². The second kappa shape index (κ2) is 12.8. The molecule has 1 saturated heterocycles. The van der Waals surface area contributed by atoms with Gasteiger partial charge in [0.15, 0.2) is 5.82 Å². The van der Waals surface area contributed by atoms with E-state index in [9.17, 15) is 24.0 Å². The van der Waals surface area contributed by atoms with Crippen LogP contribution in [0.4, 0.5) is 0 Å². The van der Waals surface area contributed by atoms with Crippen molar-refractivity contribution in [2.75, 3.05) is 6.61 Å². The highest BCUT2D eigenvalue weighted by Gasteiger charge is 2.46. The van der Waals surface area contributed by atoms with Gasteiger partial charge in [-0.1, -0.05) is 29.8 Å². The number of aryl methyl sites for hydroxylation is 2. The van der Waals surface area contributed by atoms with Crippen molar-refractivity contribution in [3.05, 3.63) is 91.8 Å². The molecule has 4 aromatic rings. The summed E-state index contributed by atoms with van der Waals surface area (Å²) in [5.74, 6) is -0.941. The fourth-order valence-corrected chi connectivity index (χ4v) is 7.85. The number of carbonyl (C=O) groups is 5. The number of piperidine rings is 1. The van der Waals surface area contributed by atoms with Crippen LogP contribution in [0.1, 0.15) is 92.1 Å². The standard InChI is InChI=1S/C35H31ClN6O6S/c1-17-18(2)49-35-28(17)30(20-9-11-21(36)12-10-20)37-24(31-40-39-19(3)41(31)35)16-22(43)6-5-15-48-26-8-4-7-23-29(26)34(47)42(33(23)46)25-13-14-27(44)38-32(25)45/h4,7-12,24-25H,5-6,13-16H2,1-3H3,(H,38,44,45)/t24-,25?/m0/s1. The number of carbonyl (C=O) groups excluding carboxylic acids is 5. The van der Waals surface area contributed by atoms with Gasteiger partial charge in [-0.2, -0.15) is 0 Å². The van der Waals surface area contributed by atoms with Crippen LogP contribution >= 0.6 is 22.9 Å². The SMILES string of the molecule is Cc1sc2c(c1C)C(c1ccc(Cl)cc1)=N[C@@H](CC(=O)CCCOc1cccc3c1C(=O)N(C1CCC(=O)NC1=O)C3=O)c1nnc(C)n1-2. The van der Waals surface area contributed by atoms with Crippen molar-refractivity contribution in [3.63, 3.8) is 0 Å². The minimum atomic E-state index is -1.07. The molecule has 250 valence electrons. The Balaban J connectivity index is 1.06. The predicted molar refractivity (Wildman–Crippen MR) is 181 cm³/mol. The number of benzene rings is 2. The molecule has 3 aliphatic heterocycles. The van der Waals surface area contributed by atoms with E-state index in [-0.39, 0.29) is 54.9 Å². The van der Waals surface area contributed by atoms with Gasteiger partial charge in [0.1, 0.15) is 34.4 Å². The molecule has 0 saturated carbocycles. The Morgan fingerprint density at radius 1 is 1.02 bits per heavy atom. The van der Waals surface area contributed by atoms with E-state index < -0.39 is 35.7 Å². The number of thiophene rings is 1. The molecule has 4 amide bonds. The number of halogens is 1. The summed E-state index contributed by atoms with van der Waals surface area (Å²) < 4.78 is 7.94. The van der Waals surface area contributed by atoms with Crippen LogP contribution in [0.25, 0.3) is 5.00 Å². The van der Waals surface area contributed by atoms with Gasteiger partial charge in [-0.3, -0.25) is 43.7 Å². The number of fused-ring (bicyclic) bond motifs is 4. The first-order chi connectivity index (χ1) is 23.5. The average molecular weight is 699 g/mol. The molecule has 7 rings (SSSR count). The van der Waals surface area contributed by atoms with Crippen LogP contribution in [0.2, 0.25) is 5.02 Å². The van der Waals surface area contributed by atoms with E-state index in [1.807, 2.05) is 35.8 Å². The molecule has 0 radical (unpaired) electrons. The minimum Gasteiger partial charge on any atom is -0.493 e. The summed E-state index contributed by atoms with van der Waals surface area (Å²) in [6.45, 7) is 6.13. The molecule has 1 unspecified atom stereocenters. The summed E-state index contributed by atoms with van der Waals surface area (Å²) in [7, 11) is 0. The molecule has 2 aromatic carbocycles. The van der Waals surface area contributed by atoms with Crippen molar-refractivity contribution < 1.29 is 28.7 Å². The highest BCUT2D eigenvalue weighted by atomic mass is 35.5. The number of nitrogens with zero attached hydrogens (tertiary/aromatic N) is 5. The summed E-state index contributed by atoms with van der Waals surface area (Å²) in [5.41, 5.74) is 3.93. The minimum absolute atomic E-state index is 0.0297. The number of hydrogen-bond acceptors (Lipinski definition) is 10. The number of ketones is 1. The Hall–Kier alpha value is -5.01. The van der Waals surface area contributed by atoms with Gasteiger partial charge >= 0.3 is 0 Å². The molecule has 2 aromatic heterocycles. The van der Waals surface area contributed by atoms with Crippen LogP contribution in [-0.4, -0.2) is 67.4 Å². The number of aromatic nitrogens is 3. The number of hydrogen-bond donors (Lipinski definition) is 1. The van der Waals surface area contributed by atoms with Crippen molar-refractivity contribution in [2.24, 2.45) is 4.99 Å². The molecule has 0 aliphatic carbocycles. The fourth-order valence-electron chi connectivity index (χ4n) is 6.51. The normalized spacial score (nSPS) is 18.4. The molecule has 49 heavy (non-hydrogen) atoms. The summed E-state index contributed by atoms with van der Waals surface area (Å²) in [6, 6.07) is 10.5. The van der Waals surface area contributed by atoms with E-state index in [0.29, 0.717) is 23.1 Å². The number of rotatable bonds is 9. The average Bonchev–Trinajstić information content (AvgIpc) is 3.65. The molecule has 1 N–H and O–H groups in total. The Kier molecular flexibility index (Phi) is 8.49. The molecule has 12 nitrogen and oxygen atoms in total. The number of aliphatic imine (C=N–C) groups is 1. The summed E-state index contributed by atoms with van der Waals surface area (Å²) >= 11 is 7.85. The Labute approximate surface area is 290 Å². The van der Waals surface area contributed by atoms with Crippen LogP contribution in [0, 0.1) is 20.8 Å². The van der Waals surface area contributed by atoms with Crippen LogP contribution in [-0.2, 0) is 14.4 Å². The molecule has 5 heterocycles. The third-order valence-corrected chi connectivity index (χ3v) is 10.5. The van der Waals surface area contributed by atoms with E-state index in [1.165, 1.54) is 6.07 Å². The fraction of sp³-hybridized carbons (Fsp3) is 0.314. The smallest absolute Gasteiger partial charge is 0.266 e. The third-order valence-electron chi connectivity index (χ3n) is 9.07. The third kappa shape index (κ3) is 5.76. The largest absolute Gasteiger partial charge is 0.493 e. The number of nitrogens with one attached hydrogen (secondary N) is 1. The van der Waals surface area contributed by atoms with Crippen LogP contribution in [0.15, 0.2) is 47.5 Å². The first kappa shape index (κ1) is 32.5. The number of Topliss-reactive ketones (excluding diaryl/α,β-unsaturated/α-hetero) is 1. The summed E-state index contributed by atoms with van der Waals surface area (Å²) in [6.07, 6.45) is 0.710. The topological polar surface area (TPSA) is 153 Å². The zero-order valence-corrected chi connectivity index (χ0v) is 28.5. The lowest BCUT2D eigenvalue weighted by molar-refractivity contribution is -0.136. The number of amides is 4. The molecule has 1 fully saturated rings. The summed E-state index contributed by atoms with van der Waals surface area (Å²) in [4.78, 5) is 71.2. The summed E-state index contributed by atoms with van der Waals surface area (Å²) in [5, 5.41) is 12.6. The first-order valence-electron chi connectivity index (χ1n) is 15.9.